The van der Waals surface area contributed by atoms with Crippen LogP contribution in [-0.4, -0.2) is 5.71 Å². The van der Waals surface area contributed by atoms with Crippen molar-refractivity contribution in [1.82, 2.24) is 0 Å². The van der Waals surface area contributed by atoms with Crippen molar-refractivity contribution in [3.63, 3.8) is 0 Å². The average molecular weight is 794 g/mol. The summed E-state index contributed by atoms with van der Waals surface area (Å²) in [5, 5.41) is 4.84. The van der Waals surface area contributed by atoms with Gasteiger partial charge in [-0.3, -0.25) is 0 Å². The Hall–Kier alpha value is -7.77. The molecule has 2 aliphatic rings. The number of hydrogen-bond donors (Lipinski definition) is 0. The van der Waals surface area contributed by atoms with Crippen LogP contribution in [0.3, 0.4) is 0 Å². The minimum atomic E-state index is -0.587. The van der Waals surface area contributed by atoms with Gasteiger partial charge in [-0.15, -0.1) is 5.73 Å². The molecular weight excluding hydrogens is 751 g/mol. The largest absolute Gasteiger partial charge is 0.457 e. The van der Waals surface area contributed by atoms with E-state index in [-0.39, 0.29) is 0 Å². The van der Waals surface area contributed by atoms with Crippen molar-refractivity contribution in [2.45, 2.75) is 26.2 Å². The van der Waals surface area contributed by atoms with Crippen LogP contribution >= 0.6 is 0 Å². The zero-order chi connectivity index (χ0) is 42.0. The standard InChI is InChI=1S/C60H43NO/c1-5-53(44-27-19-28-45(40(44)4)57-38(2)34-35-41-20-9-11-24-46(41)57)61-54(42-21-7-6-8-22-42)36-39(3)58-47-25-12-10-23-43(47)37-52-59(58)48-26-13-14-29-49(48)60(52)50-30-15-17-32-55(50)62-56-33-18-16-31-51(56)60/h6-37H,1H2,2-4H3/b39-36+,61-54?. The van der Waals surface area contributed by atoms with Crippen LogP contribution in [0.25, 0.3) is 55.1 Å². The van der Waals surface area contributed by atoms with Gasteiger partial charge >= 0.3 is 0 Å². The molecule has 0 unspecified atom stereocenters. The molecule has 0 radical (unpaired) electrons. The van der Waals surface area contributed by atoms with Crippen molar-refractivity contribution >= 4 is 38.5 Å². The topological polar surface area (TPSA) is 21.6 Å². The third-order valence-corrected chi connectivity index (χ3v) is 13.1. The highest BCUT2D eigenvalue weighted by Gasteiger charge is 2.51. The van der Waals surface area contributed by atoms with Gasteiger partial charge in [0.2, 0.25) is 0 Å². The van der Waals surface area contributed by atoms with Crippen molar-refractivity contribution in [2.24, 2.45) is 4.99 Å². The second-order valence-corrected chi connectivity index (χ2v) is 16.5. The van der Waals surface area contributed by atoms with Crippen LogP contribution in [0.15, 0.2) is 211 Å². The summed E-state index contributed by atoms with van der Waals surface area (Å²) in [6.45, 7) is 10.9. The number of para-hydroxylation sites is 2. The predicted octanol–water partition coefficient (Wildman–Crippen LogP) is 15.5. The normalized spacial score (nSPS) is 13.5. The zero-order valence-corrected chi connectivity index (χ0v) is 35.0. The summed E-state index contributed by atoms with van der Waals surface area (Å²) in [4.78, 5) is 5.51. The number of nitrogens with zero attached hydrogens (tertiary/aromatic N) is 1. The first-order valence-electron chi connectivity index (χ1n) is 21.3. The monoisotopic (exact) mass is 793 g/mol. The molecule has 0 amide bonds. The molecule has 9 aromatic carbocycles. The van der Waals surface area contributed by atoms with Gasteiger partial charge in [0.25, 0.3) is 0 Å². The van der Waals surface area contributed by atoms with Gasteiger partial charge in [0, 0.05) is 22.3 Å². The summed E-state index contributed by atoms with van der Waals surface area (Å²) < 4.78 is 6.67. The maximum atomic E-state index is 6.67. The molecule has 62 heavy (non-hydrogen) atoms. The van der Waals surface area contributed by atoms with E-state index in [0.29, 0.717) is 5.70 Å². The fraction of sp³-hybridized carbons (Fsp3) is 0.0667. The first kappa shape index (κ1) is 37.2. The Morgan fingerprint density at radius 1 is 0.565 bits per heavy atom. The SMILES string of the molecule is C=C=C(N=C(/C=C(\C)c1c2c(cc3ccccc13)C1(c3ccccc3Oc3ccccc31)c1ccccc1-2)c1ccccc1)c1cccc(-c2c(C)ccc3ccccc23)c1C. The van der Waals surface area contributed by atoms with Crippen molar-refractivity contribution in [3.05, 3.63) is 257 Å². The molecule has 11 rings (SSSR count). The van der Waals surface area contributed by atoms with Crippen molar-refractivity contribution in [1.29, 1.82) is 0 Å². The van der Waals surface area contributed by atoms with Gasteiger partial charge < -0.3 is 4.74 Å². The van der Waals surface area contributed by atoms with Gasteiger partial charge in [-0.1, -0.05) is 176 Å². The maximum Gasteiger partial charge on any atom is 0.132 e. The van der Waals surface area contributed by atoms with Crippen LogP contribution in [0, 0.1) is 13.8 Å². The Morgan fingerprint density at radius 3 is 1.92 bits per heavy atom. The average Bonchev–Trinajstić information content (AvgIpc) is 3.60. The Kier molecular flexibility index (Phi) is 8.86. The van der Waals surface area contributed by atoms with Crippen LogP contribution in [0.4, 0.5) is 0 Å². The minimum Gasteiger partial charge on any atom is -0.457 e. The lowest BCUT2D eigenvalue weighted by Crippen LogP contribution is -2.32. The predicted molar refractivity (Wildman–Crippen MR) is 259 cm³/mol. The summed E-state index contributed by atoms with van der Waals surface area (Å²) in [6, 6.07) is 67.4. The molecule has 2 heteroatoms. The van der Waals surface area contributed by atoms with Gasteiger partial charge in [-0.2, -0.15) is 0 Å². The van der Waals surface area contributed by atoms with E-state index < -0.39 is 5.41 Å². The summed E-state index contributed by atoms with van der Waals surface area (Å²) in [5.41, 5.74) is 20.6. The van der Waals surface area contributed by atoms with Crippen LogP contribution < -0.4 is 4.74 Å². The molecule has 294 valence electrons. The third-order valence-electron chi connectivity index (χ3n) is 13.1. The van der Waals surface area contributed by atoms with Gasteiger partial charge in [0.05, 0.1) is 11.1 Å². The van der Waals surface area contributed by atoms with E-state index in [9.17, 15) is 0 Å². The molecule has 0 saturated heterocycles. The van der Waals surface area contributed by atoms with E-state index in [0.717, 1.165) is 50.6 Å². The summed E-state index contributed by atoms with van der Waals surface area (Å²) in [5.74, 6) is 1.76. The lowest BCUT2D eigenvalue weighted by molar-refractivity contribution is 0.436. The molecular formula is C60H43NO. The highest BCUT2D eigenvalue weighted by atomic mass is 16.5. The molecule has 1 heterocycles. The van der Waals surface area contributed by atoms with Crippen LogP contribution in [0.2, 0.25) is 0 Å². The number of aliphatic imine (C=N–C) groups is 1. The van der Waals surface area contributed by atoms with Gasteiger partial charge in [0.15, 0.2) is 0 Å². The van der Waals surface area contributed by atoms with Crippen molar-refractivity contribution in [2.75, 3.05) is 0 Å². The Balaban J connectivity index is 1.15. The van der Waals surface area contributed by atoms with Gasteiger partial charge in [-0.25, -0.2) is 4.99 Å². The highest BCUT2D eigenvalue weighted by Crippen LogP contribution is 2.63. The van der Waals surface area contributed by atoms with E-state index in [4.69, 9.17) is 9.73 Å². The first-order chi connectivity index (χ1) is 30.5. The molecule has 0 N–H and O–H groups in total. The minimum absolute atomic E-state index is 0.587. The number of fused-ring (bicyclic) bond motifs is 11. The lowest BCUT2D eigenvalue weighted by atomic mass is 9.65. The summed E-state index contributed by atoms with van der Waals surface area (Å²) in [7, 11) is 0. The first-order valence-corrected chi connectivity index (χ1v) is 21.3. The molecule has 0 fully saturated rings. The number of hydrogen-bond acceptors (Lipinski definition) is 2. The number of benzene rings is 9. The molecule has 9 aromatic rings. The van der Waals surface area contributed by atoms with Crippen LogP contribution in [-0.2, 0) is 5.41 Å². The third kappa shape index (κ3) is 5.62. The van der Waals surface area contributed by atoms with Crippen LogP contribution in [0.5, 0.6) is 11.5 Å². The van der Waals surface area contributed by atoms with E-state index in [1.54, 1.807) is 0 Å². The Morgan fingerprint density at radius 2 is 1.18 bits per heavy atom. The molecule has 0 bridgehead atoms. The Labute approximate surface area is 363 Å². The van der Waals surface area contributed by atoms with E-state index >= 15 is 0 Å². The number of ether oxygens (including phenoxy) is 1. The summed E-state index contributed by atoms with van der Waals surface area (Å²) >= 11 is 0. The number of aryl methyl sites for hydroxylation is 1. The van der Waals surface area contributed by atoms with Crippen molar-refractivity contribution < 1.29 is 4.74 Å². The van der Waals surface area contributed by atoms with Crippen LogP contribution in [0.1, 0.15) is 57.0 Å². The molecule has 1 aliphatic heterocycles. The molecule has 1 aliphatic carbocycles. The molecule has 0 aromatic heterocycles. The van der Waals surface area contributed by atoms with Gasteiger partial charge in [-0.05, 0) is 122 Å². The Bertz CT molecular complexity index is 3370. The number of rotatable bonds is 6. The molecule has 2 nitrogen and oxygen atoms in total. The van der Waals surface area contributed by atoms with E-state index in [1.807, 2.05) is 0 Å². The van der Waals surface area contributed by atoms with E-state index in [1.165, 1.54) is 66.1 Å². The van der Waals surface area contributed by atoms with E-state index in [2.05, 4.69) is 227 Å². The van der Waals surface area contributed by atoms with Gasteiger partial charge in [0.1, 0.15) is 17.2 Å². The summed E-state index contributed by atoms with van der Waals surface area (Å²) in [6.07, 6.45) is 2.27. The van der Waals surface area contributed by atoms with Crippen molar-refractivity contribution in [3.8, 4) is 33.8 Å². The molecule has 1 spiro atoms. The second kappa shape index (κ2) is 14.7. The number of allylic oxidation sites excluding steroid dienone is 2. The quantitative estimate of drug-likeness (QED) is 0.121. The fourth-order valence-electron chi connectivity index (χ4n) is 10.4. The fourth-order valence-corrected chi connectivity index (χ4v) is 10.4. The lowest BCUT2D eigenvalue weighted by Gasteiger charge is -2.39. The highest BCUT2D eigenvalue weighted by molar-refractivity contribution is 6.17. The molecule has 0 atom stereocenters. The maximum absolute atomic E-state index is 6.67. The molecule has 0 saturated carbocycles. The zero-order valence-electron chi connectivity index (χ0n) is 35.0. The smallest absolute Gasteiger partial charge is 0.132 e. The second-order valence-electron chi connectivity index (χ2n) is 16.5.